The molecule has 7 nitrogen and oxygen atoms in total. The van der Waals surface area contributed by atoms with Crippen LogP contribution >= 0.6 is 11.3 Å². The van der Waals surface area contributed by atoms with Crippen LogP contribution in [-0.4, -0.2) is 32.2 Å². The van der Waals surface area contributed by atoms with Crippen LogP contribution in [0.4, 0.5) is 5.69 Å². The first-order valence-electron chi connectivity index (χ1n) is 7.52. The number of pyridine rings is 1. The number of hydrogen-bond acceptors (Lipinski definition) is 6. The average molecular weight is 342 g/mol. The van der Waals surface area contributed by atoms with Gasteiger partial charge >= 0.3 is 0 Å². The predicted octanol–water partition coefficient (Wildman–Crippen LogP) is 2.09. The summed E-state index contributed by atoms with van der Waals surface area (Å²) in [5.74, 6) is 0.452. The maximum Gasteiger partial charge on any atom is 0.275 e. The van der Waals surface area contributed by atoms with E-state index >= 15 is 0 Å². The van der Waals surface area contributed by atoms with E-state index in [4.69, 9.17) is 5.73 Å². The molecule has 8 heteroatoms. The molecule has 3 rings (SSSR count). The Kier molecular flexibility index (Phi) is 4.68. The largest absolute Gasteiger partial charge is 0.330 e. The Morgan fingerprint density at radius 1 is 1.38 bits per heavy atom. The molecule has 0 aromatic carbocycles. The van der Waals surface area contributed by atoms with E-state index in [1.807, 2.05) is 26.0 Å². The van der Waals surface area contributed by atoms with Crippen molar-refractivity contribution < 1.29 is 4.79 Å². The summed E-state index contributed by atoms with van der Waals surface area (Å²) in [6.07, 6.45) is 2.29. The normalized spacial score (nSPS) is 10.8. The fraction of sp³-hybridized carbons (Fsp3) is 0.250. The highest BCUT2D eigenvalue weighted by molar-refractivity contribution is 7.09. The van der Waals surface area contributed by atoms with E-state index in [-0.39, 0.29) is 5.91 Å². The molecule has 0 saturated heterocycles. The van der Waals surface area contributed by atoms with Crippen molar-refractivity contribution in [2.75, 3.05) is 11.9 Å². The van der Waals surface area contributed by atoms with E-state index < -0.39 is 0 Å². The zero-order valence-electron chi connectivity index (χ0n) is 13.5. The lowest BCUT2D eigenvalue weighted by molar-refractivity contribution is 0.102. The molecule has 0 atom stereocenters. The number of carbonyl (C=O) groups is 1. The Morgan fingerprint density at radius 2 is 2.21 bits per heavy atom. The molecule has 0 radical (unpaired) electrons. The second-order valence-corrected chi connectivity index (χ2v) is 6.31. The minimum Gasteiger partial charge on any atom is -0.330 e. The summed E-state index contributed by atoms with van der Waals surface area (Å²) >= 11 is 1.44. The van der Waals surface area contributed by atoms with Crippen molar-refractivity contribution in [3.05, 3.63) is 51.9 Å². The lowest BCUT2D eigenvalue weighted by Gasteiger charge is -2.06. The Balaban J connectivity index is 1.71. The van der Waals surface area contributed by atoms with Gasteiger partial charge in [0.05, 0.1) is 22.6 Å². The molecular weight excluding hydrogens is 324 g/mol. The first-order valence-corrected chi connectivity index (χ1v) is 8.40. The molecular formula is C16H18N6OS. The van der Waals surface area contributed by atoms with Crippen molar-refractivity contribution in [1.29, 1.82) is 0 Å². The zero-order valence-corrected chi connectivity index (χ0v) is 14.3. The number of carbonyl (C=O) groups excluding carboxylic acids is 1. The molecule has 0 spiro atoms. The van der Waals surface area contributed by atoms with Crippen molar-refractivity contribution in [3.63, 3.8) is 0 Å². The van der Waals surface area contributed by atoms with Crippen LogP contribution in [0.1, 0.15) is 26.9 Å². The van der Waals surface area contributed by atoms with Gasteiger partial charge in [-0.1, -0.05) is 0 Å². The number of nitrogens with zero attached hydrogens (tertiary/aromatic N) is 4. The molecule has 24 heavy (non-hydrogen) atoms. The van der Waals surface area contributed by atoms with E-state index in [0.29, 0.717) is 30.2 Å². The van der Waals surface area contributed by atoms with Crippen LogP contribution in [0.5, 0.6) is 0 Å². The van der Waals surface area contributed by atoms with Gasteiger partial charge in [-0.15, -0.1) is 11.3 Å². The van der Waals surface area contributed by atoms with Crippen molar-refractivity contribution in [2.24, 2.45) is 5.73 Å². The van der Waals surface area contributed by atoms with Crippen LogP contribution in [0.25, 0.3) is 5.82 Å². The van der Waals surface area contributed by atoms with Gasteiger partial charge in [-0.25, -0.2) is 14.6 Å². The SMILES string of the molecule is Cc1cc(C)n(-c2ccc(NC(=O)c3csc(CCN)n3)cn2)n1. The van der Waals surface area contributed by atoms with Gasteiger partial charge in [0.25, 0.3) is 5.91 Å². The molecule has 0 aliphatic heterocycles. The topological polar surface area (TPSA) is 98.7 Å². The van der Waals surface area contributed by atoms with E-state index in [0.717, 1.165) is 16.4 Å². The van der Waals surface area contributed by atoms with Crippen molar-refractivity contribution in [2.45, 2.75) is 20.3 Å². The standard InChI is InChI=1S/C16H18N6OS/c1-10-7-11(2)22(21-10)14-4-3-12(8-18-14)19-16(23)13-9-24-15(20-13)5-6-17/h3-4,7-9H,5-6,17H2,1-2H3,(H,19,23). The average Bonchev–Trinajstić information content (AvgIpc) is 3.15. The molecule has 1 amide bonds. The molecule has 124 valence electrons. The predicted molar refractivity (Wildman–Crippen MR) is 93.7 cm³/mol. The Labute approximate surface area is 143 Å². The highest BCUT2D eigenvalue weighted by Gasteiger charge is 2.11. The van der Waals surface area contributed by atoms with Gasteiger partial charge in [-0.05, 0) is 38.6 Å². The van der Waals surface area contributed by atoms with E-state index in [1.54, 1.807) is 22.3 Å². The highest BCUT2D eigenvalue weighted by Crippen LogP contribution is 2.15. The van der Waals surface area contributed by atoms with Crippen molar-refractivity contribution >= 4 is 22.9 Å². The molecule has 3 aromatic heterocycles. The third-order valence-corrected chi connectivity index (χ3v) is 4.28. The molecule has 3 heterocycles. The van der Waals surface area contributed by atoms with Gasteiger partial charge in [0.15, 0.2) is 5.82 Å². The monoisotopic (exact) mass is 342 g/mol. The second-order valence-electron chi connectivity index (χ2n) is 5.36. The van der Waals surface area contributed by atoms with Gasteiger partial charge in [0, 0.05) is 17.5 Å². The Hall–Kier alpha value is -2.58. The summed E-state index contributed by atoms with van der Waals surface area (Å²) in [5, 5.41) is 9.78. The lowest BCUT2D eigenvalue weighted by Crippen LogP contribution is -2.13. The quantitative estimate of drug-likeness (QED) is 0.740. The van der Waals surface area contributed by atoms with Gasteiger partial charge in [-0.3, -0.25) is 4.79 Å². The number of thiazole rings is 1. The Bertz CT molecular complexity index is 852. The summed E-state index contributed by atoms with van der Waals surface area (Å²) in [7, 11) is 0. The third-order valence-electron chi connectivity index (χ3n) is 3.37. The number of nitrogens with one attached hydrogen (secondary N) is 1. The summed E-state index contributed by atoms with van der Waals surface area (Å²) in [4.78, 5) is 20.8. The maximum absolute atomic E-state index is 12.2. The number of nitrogens with two attached hydrogens (primary N) is 1. The summed E-state index contributed by atoms with van der Waals surface area (Å²) in [5.41, 5.74) is 8.44. The number of aryl methyl sites for hydroxylation is 2. The van der Waals surface area contributed by atoms with Crippen LogP contribution in [0.15, 0.2) is 29.8 Å². The van der Waals surface area contributed by atoms with E-state index in [1.165, 1.54) is 11.3 Å². The molecule has 0 aliphatic carbocycles. The number of rotatable bonds is 5. The molecule has 0 fully saturated rings. The number of anilines is 1. The van der Waals surface area contributed by atoms with Crippen LogP contribution in [-0.2, 0) is 6.42 Å². The van der Waals surface area contributed by atoms with Crippen LogP contribution in [0, 0.1) is 13.8 Å². The van der Waals surface area contributed by atoms with Gasteiger partial charge in [0.1, 0.15) is 5.69 Å². The smallest absolute Gasteiger partial charge is 0.275 e. The number of amides is 1. The third kappa shape index (κ3) is 3.50. The van der Waals surface area contributed by atoms with Gasteiger partial charge in [-0.2, -0.15) is 5.10 Å². The zero-order chi connectivity index (χ0) is 17.1. The highest BCUT2D eigenvalue weighted by atomic mass is 32.1. The number of hydrogen-bond donors (Lipinski definition) is 2. The first kappa shape index (κ1) is 16.3. The minimum atomic E-state index is -0.254. The van der Waals surface area contributed by atoms with Crippen LogP contribution < -0.4 is 11.1 Å². The van der Waals surface area contributed by atoms with Crippen LogP contribution in [0.3, 0.4) is 0 Å². The first-order chi connectivity index (χ1) is 11.6. The molecule has 0 bridgehead atoms. The maximum atomic E-state index is 12.2. The lowest BCUT2D eigenvalue weighted by atomic mass is 10.3. The molecule has 0 unspecified atom stereocenters. The summed E-state index contributed by atoms with van der Waals surface area (Å²) < 4.78 is 1.76. The summed E-state index contributed by atoms with van der Waals surface area (Å²) in [6, 6.07) is 5.60. The van der Waals surface area contributed by atoms with Crippen molar-refractivity contribution in [3.8, 4) is 5.82 Å². The van der Waals surface area contributed by atoms with E-state index in [9.17, 15) is 4.79 Å². The molecule has 0 aliphatic rings. The summed E-state index contributed by atoms with van der Waals surface area (Å²) in [6.45, 7) is 4.43. The number of aromatic nitrogens is 4. The fourth-order valence-electron chi connectivity index (χ4n) is 2.29. The molecule has 3 aromatic rings. The fourth-order valence-corrected chi connectivity index (χ4v) is 3.09. The van der Waals surface area contributed by atoms with E-state index in [2.05, 4.69) is 20.4 Å². The van der Waals surface area contributed by atoms with Crippen molar-refractivity contribution in [1.82, 2.24) is 19.7 Å². The Morgan fingerprint density at radius 3 is 2.83 bits per heavy atom. The van der Waals surface area contributed by atoms with Gasteiger partial charge in [0.2, 0.25) is 0 Å². The minimum absolute atomic E-state index is 0.254. The van der Waals surface area contributed by atoms with Crippen LogP contribution in [0.2, 0.25) is 0 Å². The second kappa shape index (κ2) is 6.90. The molecule has 0 saturated carbocycles. The molecule has 3 N–H and O–H groups in total. The van der Waals surface area contributed by atoms with Gasteiger partial charge < -0.3 is 11.1 Å².